The van der Waals surface area contributed by atoms with E-state index >= 15 is 0 Å². The molecule has 1 saturated heterocycles. The molecule has 0 unspecified atom stereocenters. The van der Waals surface area contributed by atoms with Gasteiger partial charge in [0.1, 0.15) is 5.82 Å². The van der Waals surface area contributed by atoms with Crippen molar-refractivity contribution in [2.24, 2.45) is 0 Å². The van der Waals surface area contributed by atoms with Crippen molar-refractivity contribution < 1.29 is 21.9 Å². The number of anilines is 2. The Balaban J connectivity index is 1.41. The van der Waals surface area contributed by atoms with E-state index in [4.69, 9.17) is 16.2 Å². The minimum absolute atomic E-state index is 0.0951. The van der Waals surface area contributed by atoms with Gasteiger partial charge in [-0.1, -0.05) is 12.1 Å². The molecule has 3 aromatic rings. The van der Waals surface area contributed by atoms with Gasteiger partial charge in [-0.3, -0.25) is 0 Å². The van der Waals surface area contributed by atoms with Gasteiger partial charge < -0.3 is 16.2 Å². The van der Waals surface area contributed by atoms with Crippen molar-refractivity contribution in [1.82, 2.24) is 14.3 Å². The summed E-state index contributed by atoms with van der Waals surface area (Å²) in [6, 6.07) is 8.05. The molecule has 0 saturated carbocycles. The molecule has 4 rings (SSSR count). The summed E-state index contributed by atoms with van der Waals surface area (Å²) in [7, 11) is -3.90. The Morgan fingerprint density at radius 3 is 2.52 bits per heavy atom. The Morgan fingerprint density at radius 2 is 1.81 bits per heavy atom. The van der Waals surface area contributed by atoms with E-state index in [1.807, 2.05) is 12.1 Å². The fraction of sp³-hybridized carbons (Fsp3) is 0.300. The van der Waals surface area contributed by atoms with Crippen molar-refractivity contribution in [2.45, 2.75) is 30.4 Å². The number of piperidine rings is 1. The van der Waals surface area contributed by atoms with E-state index < -0.39 is 21.7 Å². The van der Waals surface area contributed by atoms with Gasteiger partial charge in [0.15, 0.2) is 11.6 Å². The standard InChI is InChI=1S/C20H21F2N5O3S/c21-15-5-4-14(10-16(15)22)31(28,29)27-8-6-13(7-9-27)30-11-12-2-1-3-17-18(12)19(23)26-20(24)25-17/h1-5,10,13H,6-9,11H2,(H4,23,24,25,26). The molecule has 1 fully saturated rings. The zero-order chi connectivity index (χ0) is 22.2. The molecule has 0 radical (unpaired) electrons. The van der Waals surface area contributed by atoms with Crippen molar-refractivity contribution in [2.75, 3.05) is 24.6 Å². The van der Waals surface area contributed by atoms with Gasteiger partial charge in [-0.05, 0) is 42.7 Å². The first-order valence-corrected chi connectivity index (χ1v) is 11.1. The molecule has 2 heterocycles. The molecule has 0 aliphatic carbocycles. The van der Waals surface area contributed by atoms with E-state index in [0.717, 1.165) is 17.7 Å². The maximum Gasteiger partial charge on any atom is 0.243 e. The van der Waals surface area contributed by atoms with E-state index in [2.05, 4.69) is 9.97 Å². The number of benzene rings is 2. The van der Waals surface area contributed by atoms with Gasteiger partial charge in [-0.15, -0.1) is 0 Å². The molecule has 31 heavy (non-hydrogen) atoms. The molecular formula is C20H21F2N5O3S. The lowest BCUT2D eigenvalue weighted by Crippen LogP contribution is -2.40. The van der Waals surface area contributed by atoms with Crippen LogP contribution in [0.1, 0.15) is 18.4 Å². The van der Waals surface area contributed by atoms with E-state index in [1.165, 1.54) is 4.31 Å². The van der Waals surface area contributed by atoms with Crippen molar-refractivity contribution in [3.63, 3.8) is 0 Å². The molecule has 164 valence electrons. The molecule has 4 N–H and O–H groups in total. The van der Waals surface area contributed by atoms with Crippen LogP contribution in [0.2, 0.25) is 0 Å². The number of fused-ring (bicyclic) bond motifs is 1. The number of halogens is 2. The van der Waals surface area contributed by atoms with Crippen LogP contribution >= 0.6 is 0 Å². The van der Waals surface area contributed by atoms with E-state index in [1.54, 1.807) is 6.07 Å². The first-order valence-electron chi connectivity index (χ1n) is 9.63. The molecule has 1 aromatic heterocycles. The van der Waals surface area contributed by atoms with Crippen LogP contribution in [-0.2, 0) is 21.4 Å². The largest absolute Gasteiger partial charge is 0.383 e. The predicted molar refractivity (Wildman–Crippen MR) is 111 cm³/mol. The second kappa shape index (κ2) is 8.33. The Kier molecular flexibility index (Phi) is 5.73. The minimum Gasteiger partial charge on any atom is -0.383 e. The van der Waals surface area contributed by atoms with Crippen molar-refractivity contribution in [1.29, 1.82) is 0 Å². The second-order valence-electron chi connectivity index (χ2n) is 7.27. The third-order valence-corrected chi connectivity index (χ3v) is 7.15. The second-order valence-corrected chi connectivity index (χ2v) is 9.21. The number of sulfonamides is 1. The number of hydrogen-bond acceptors (Lipinski definition) is 7. The molecule has 0 atom stereocenters. The highest BCUT2D eigenvalue weighted by Gasteiger charge is 2.30. The molecule has 0 spiro atoms. The first kappa shape index (κ1) is 21.3. The summed E-state index contributed by atoms with van der Waals surface area (Å²) in [6.07, 6.45) is 0.765. The average molecular weight is 449 g/mol. The third kappa shape index (κ3) is 4.29. The molecule has 1 aliphatic rings. The van der Waals surface area contributed by atoms with Gasteiger partial charge in [0.05, 0.1) is 23.1 Å². The van der Waals surface area contributed by atoms with Crippen molar-refractivity contribution >= 4 is 32.7 Å². The number of rotatable bonds is 5. The highest BCUT2D eigenvalue weighted by Crippen LogP contribution is 2.27. The number of ether oxygens (including phenoxy) is 1. The van der Waals surface area contributed by atoms with Crippen molar-refractivity contribution in [3.05, 3.63) is 53.6 Å². The fourth-order valence-corrected chi connectivity index (χ4v) is 5.14. The zero-order valence-corrected chi connectivity index (χ0v) is 17.3. The maximum atomic E-state index is 13.5. The van der Waals surface area contributed by atoms with E-state index in [-0.39, 0.29) is 42.5 Å². The number of nitrogens with zero attached hydrogens (tertiary/aromatic N) is 3. The summed E-state index contributed by atoms with van der Waals surface area (Å²) in [5.74, 6) is -1.92. The summed E-state index contributed by atoms with van der Waals surface area (Å²) >= 11 is 0. The van der Waals surface area contributed by atoms with Gasteiger partial charge in [0.2, 0.25) is 16.0 Å². The topological polar surface area (TPSA) is 124 Å². The fourth-order valence-electron chi connectivity index (χ4n) is 3.66. The quantitative estimate of drug-likeness (QED) is 0.613. The lowest BCUT2D eigenvalue weighted by atomic mass is 10.1. The normalized spacial score (nSPS) is 16.1. The van der Waals surface area contributed by atoms with Gasteiger partial charge >= 0.3 is 0 Å². The average Bonchev–Trinajstić information content (AvgIpc) is 2.74. The molecule has 11 heteroatoms. The minimum atomic E-state index is -3.90. The lowest BCUT2D eigenvalue weighted by Gasteiger charge is -2.31. The first-order chi connectivity index (χ1) is 14.8. The SMILES string of the molecule is Nc1nc(N)c2c(COC3CCN(S(=O)(=O)c4ccc(F)c(F)c4)CC3)cccc2n1. The van der Waals surface area contributed by atoms with Crippen molar-refractivity contribution in [3.8, 4) is 0 Å². The number of aromatic nitrogens is 2. The Labute approximate surface area is 177 Å². The molecule has 2 aromatic carbocycles. The molecule has 0 bridgehead atoms. The van der Waals surface area contributed by atoms with Gasteiger partial charge in [0.25, 0.3) is 0 Å². The van der Waals surface area contributed by atoms with E-state index in [9.17, 15) is 17.2 Å². The zero-order valence-electron chi connectivity index (χ0n) is 16.5. The molecule has 1 aliphatic heterocycles. The van der Waals surface area contributed by atoms with Gasteiger partial charge in [-0.2, -0.15) is 9.29 Å². The molecule has 0 amide bonds. The summed E-state index contributed by atoms with van der Waals surface area (Å²) in [5.41, 5.74) is 13.1. The summed E-state index contributed by atoms with van der Waals surface area (Å²) in [5, 5.41) is 0.676. The van der Waals surface area contributed by atoms with Crippen LogP contribution in [0.15, 0.2) is 41.3 Å². The van der Waals surface area contributed by atoms with Crippen LogP contribution in [-0.4, -0.2) is 41.9 Å². The van der Waals surface area contributed by atoms with Gasteiger partial charge in [-0.25, -0.2) is 22.2 Å². The summed E-state index contributed by atoms with van der Waals surface area (Å²) < 4.78 is 59.2. The predicted octanol–water partition coefficient (Wildman–Crippen LogP) is 2.44. The number of nitrogens with two attached hydrogens (primary N) is 2. The van der Waals surface area contributed by atoms with E-state index in [0.29, 0.717) is 29.8 Å². The highest BCUT2D eigenvalue weighted by molar-refractivity contribution is 7.89. The van der Waals surface area contributed by atoms with Crippen LogP contribution in [0.3, 0.4) is 0 Å². The Hall–Kier alpha value is -2.89. The molecular weight excluding hydrogens is 428 g/mol. The molecule has 8 nitrogen and oxygen atoms in total. The van der Waals surface area contributed by atoms with Crippen LogP contribution in [0.4, 0.5) is 20.5 Å². The maximum absolute atomic E-state index is 13.5. The summed E-state index contributed by atoms with van der Waals surface area (Å²) in [6.45, 7) is 0.683. The smallest absolute Gasteiger partial charge is 0.243 e. The Morgan fingerprint density at radius 1 is 1.06 bits per heavy atom. The third-order valence-electron chi connectivity index (χ3n) is 5.26. The van der Waals surface area contributed by atoms with Crippen LogP contribution in [0.5, 0.6) is 0 Å². The summed E-state index contributed by atoms with van der Waals surface area (Å²) in [4.78, 5) is 7.91. The highest BCUT2D eigenvalue weighted by atomic mass is 32.2. The lowest BCUT2D eigenvalue weighted by molar-refractivity contribution is 0.0107. The Bertz CT molecular complexity index is 1230. The van der Waals surface area contributed by atoms with Crippen LogP contribution in [0.25, 0.3) is 10.9 Å². The monoisotopic (exact) mass is 449 g/mol. The van der Waals surface area contributed by atoms with Crippen LogP contribution in [0, 0.1) is 11.6 Å². The van der Waals surface area contributed by atoms with Gasteiger partial charge in [0, 0.05) is 18.5 Å². The number of hydrogen-bond donors (Lipinski definition) is 2. The number of nitrogen functional groups attached to an aromatic ring is 2. The van der Waals surface area contributed by atoms with Crippen LogP contribution < -0.4 is 11.5 Å².